The molecule has 0 spiro atoms. The molecule has 0 saturated heterocycles. The number of hydrogen-bond acceptors (Lipinski definition) is 4. The minimum absolute atomic E-state index is 0.0574. The molecular weight excluding hydrogens is 281 g/mol. The first kappa shape index (κ1) is 15.7. The molecule has 1 rings (SSSR count). The molecule has 1 heterocycles. The Morgan fingerprint density at radius 3 is 2.65 bits per heavy atom. The highest BCUT2D eigenvalue weighted by molar-refractivity contribution is 5.85. The van der Waals surface area contributed by atoms with Crippen LogP contribution in [-0.2, 0) is 4.79 Å². The van der Waals surface area contributed by atoms with Crippen LogP contribution in [0.25, 0.3) is 0 Å². The number of pyridine rings is 1. The third kappa shape index (κ3) is 4.75. The largest absolute Gasteiger partial charge is 0.477 e. The topological polar surface area (TPSA) is 88.5 Å². The monoisotopic (exact) mass is 292 g/mol. The van der Waals surface area contributed by atoms with Gasteiger partial charge in [0, 0.05) is 6.07 Å². The van der Waals surface area contributed by atoms with Crippen molar-refractivity contribution in [1.82, 2.24) is 10.3 Å². The zero-order valence-corrected chi connectivity index (χ0v) is 10.3. The molecule has 110 valence electrons. The van der Waals surface area contributed by atoms with E-state index in [1.54, 1.807) is 5.32 Å². The molecule has 0 bridgehead atoms. The molecule has 0 aromatic carbocycles. The lowest BCUT2D eigenvalue weighted by molar-refractivity contribution is -0.174. The number of amides is 1. The van der Waals surface area contributed by atoms with Crippen LogP contribution in [0, 0.1) is 0 Å². The van der Waals surface area contributed by atoms with Gasteiger partial charge in [-0.2, -0.15) is 13.2 Å². The van der Waals surface area contributed by atoms with Gasteiger partial charge in [0.15, 0.2) is 5.69 Å². The number of ether oxygens (including phenoxy) is 1. The number of halogens is 3. The van der Waals surface area contributed by atoms with Crippen molar-refractivity contribution in [3.05, 3.63) is 23.9 Å². The number of rotatable bonds is 5. The average Bonchev–Trinajstić information content (AvgIpc) is 2.35. The Balaban J connectivity index is 2.53. The van der Waals surface area contributed by atoms with Crippen LogP contribution in [-0.4, -0.2) is 40.8 Å². The van der Waals surface area contributed by atoms with Crippen LogP contribution >= 0.6 is 0 Å². The van der Waals surface area contributed by atoms with Crippen molar-refractivity contribution in [3.8, 4) is 5.88 Å². The van der Waals surface area contributed by atoms with Crippen molar-refractivity contribution in [2.24, 2.45) is 0 Å². The summed E-state index contributed by atoms with van der Waals surface area (Å²) in [5.41, 5.74) is -0.255. The number of aromatic carboxylic acids is 1. The highest BCUT2D eigenvalue weighted by Gasteiger charge is 2.39. The minimum Gasteiger partial charge on any atom is -0.477 e. The lowest BCUT2D eigenvalue weighted by Crippen LogP contribution is -2.44. The second-order valence-corrected chi connectivity index (χ2v) is 3.85. The second kappa shape index (κ2) is 6.22. The normalized spacial score (nSPS) is 12.6. The summed E-state index contributed by atoms with van der Waals surface area (Å²) < 4.78 is 41.0. The van der Waals surface area contributed by atoms with Crippen LogP contribution in [0.15, 0.2) is 18.2 Å². The number of carboxylic acids is 1. The van der Waals surface area contributed by atoms with Gasteiger partial charge in [-0.3, -0.25) is 4.79 Å². The summed E-state index contributed by atoms with van der Waals surface area (Å²) in [6, 6.07) is 3.05. The van der Waals surface area contributed by atoms with Crippen molar-refractivity contribution >= 4 is 11.9 Å². The Kier molecular flexibility index (Phi) is 4.89. The van der Waals surface area contributed by atoms with Crippen LogP contribution in [0.2, 0.25) is 0 Å². The molecule has 0 unspecified atom stereocenters. The Labute approximate surface area is 111 Å². The molecule has 0 aliphatic rings. The van der Waals surface area contributed by atoms with Gasteiger partial charge in [0.2, 0.25) is 5.88 Å². The maximum atomic E-state index is 12.0. The smallest absolute Gasteiger partial charge is 0.471 e. The van der Waals surface area contributed by atoms with E-state index in [2.05, 4.69) is 4.98 Å². The highest BCUT2D eigenvalue weighted by atomic mass is 19.4. The van der Waals surface area contributed by atoms with E-state index in [1.165, 1.54) is 25.1 Å². The van der Waals surface area contributed by atoms with Crippen molar-refractivity contribution < 1.29 is 32.6 Å². The maximum absolute atomic E-state index is 12.0. The molecule has 0 aliphatic heterocycles. The Hall–Kier alpha value is -2.32. The zero-order chi connectivity index (χ0) is 15.3. The van der Waals surface area contributed by atoms with Gasteiger partial charge in [0.05, 0.1) is 6.04 Å². The molecule has 20 heavy (non-hydrogen) atoms. The zero-order valence-electron chi connectivity index (χ0n) is 10.3. The molecule has 1 atom stereocenters. The molecule has 6 nitrogen and oxygen atoms in total. The molecule has 0 aliphatic carbocycles. The van der Waals surface area contributed by atoms with Crippen molar-refractivity contribution in [1.29, 1.82) is 0 Å². The molecular formula is C11H11F3N2O4. The molecule has 2 N–H and O–H groups in total. The van der Waals surface area contributed by atoms with E-state index in [9.17, 15) is 22.8 Å². The fraction of sp³-hybridized carbons (Fsp3) is 0.364. The van der Waals surface area contributed by atoms with Crippen LogP contribution in [0.4, 0.5) is 13.2 Å². The molecule has 1 aromatic rings. The number of nitrogens with one attached hydrogen (secondary N) is 1. The molecule has 0 radical (unpaired) electrons. The number of carboxylic acid groups (broad SMARTS) is 1. The second-order valence-electron chi connectivity index (χ2n) is 3.85. The Morgan fingerprint density at radius 1 is 1.45 bits per heavy atom. The lowest BCUT2D eigenvalue weighted by atomic mass is 10.3. The fourth-order valence-corrected chi connectivity index (χ4v) is 1.17. The van der Waals surface area contributed by atoms with Gasteiger partial charge in [-0.15, -0.1) is 0 Å². The van der Waals surface area contributed by atoms with Gasteiger partial charge in [0.1, 0.15) is 6.61 Å². The van der Waals surface area contributed by atoms with E-state index in [4.69, 9.17) is 9.84 Å². The average molecular weight is 292 g/mol. The predicted octanol–water partition coefficient (Wildman–Crippen LogP) is 1.23. The van der Waals surface area contributed by atoms with Gasteiger partial charge in [-0.05, 0) is 13.0 Å². The first-order valence-corrected chi connectivity index (χ1v) is 5.41. The number of alkyl halides is 3. The van der Waals surface area contributed by atoms with Gasteiger partial charge in [-0.25, -0.2) is 9.78 Å². The van der Waals surface area contributed by atoms with Crippen molar-refractivity contribution in [2.45, 2.75) is 19.1 Å². The molecule has 1 amide bonds. The van der Waals surface area contributed by atoms with Crippen molar-refractivity contribution in [3.63, 3.8) is 0 Å². The molecule has 0 fully saturated rings. The Morgan fingerprint density at radius 2 is 2.10 bits per heavy atom. The third-order valence-corrected chi connectivity index (χ3v) is 2.06. The molecule has 9 heteroatoms. The van der Waals surface area contributed by atoms with Gasteiger partial charge >= 0.3 is 18.1 Å². The summed E-state index contributed by atoms with van der Waals surface area (Å²) in [5, 5.41) is 10.4. The SMILES string of the molecule is C[C@H](COc1cccc(C(=O)O)n1)NC(=O)C(F)(F)F. The van der Waals surface area contributed by atoms with Crippen LogP contribution < -0.4 is 10.1 Å². The number of hydrogen-bond donors (Lipinski definition) is 2. The van der Waals surface area contributed by atoms with Gasteiger partial charge in [-0.1, -0.05) is 6.07 Å². The third-order valence-electron chi connectivity index (χ3n) is 2.06. The van der Waals surface area contributed by atoms with Crippen LogP contribution in [0.5, 0.6) is 5.88 Å². The first-order chi connectivity index (χ1) is 9.20. The van der Waals surface area contributed by atoms with E-state index < -0.39 is 24.1 Å². The standard InChI is InChI=1S/C11H11F3N2O4/c1-6(15-10(19)11(12,13)14)5-20-8-4-2-3-7(16-8)9(17)18/h2-4,6H,5H2,1H3,(H,15,19)(H,17,18)/t6-/m1/s1. The minimum atomic E-state index is -4.96. The van der Waals surface area contributed by atoms with Crippen LogP contribution in [0.1, 0.15) is 17.4 Å². The predicted molar refractivity (Wildman–Crippen MR) is 60.4 cm³/mol. The number of nitrogens with zero attached hydrogens (tertiary/aromatic N) is 1. The summed E-state index contributed by atoms with van der Waals surface area (Å²) in [6.45, 7) is 1.03. The number of carbonyl (C=O) groups is 2. The quantitative estimate of drug-likeness (QED) is 0.852. The number of carbonyl (C=O) groups excluding carboxylic acids is 1. The van der Waals surface area contributed by atoms with E-state index >= 15 is 0 Å². The fourth-order valence-electron chi connectivity index (χ4n) is 1.17. The van der Waals surface area contributed by atoms with Crippen LogP contribution in [0.3, 0.4) is 0 Å². The van der Waals surface area contributed by atoms with Gasteiger partial charge < -0.3 is 15.2 Å². The van der Waals surface area contributed by atoms with E-state index in [1.807, 2.05) is 0 Å². The summed E-state index contributed by atoms with van der Waals surface area (Å²) in [4.78, 5) is 24.9. The highest BCUT2D eigenvalue weighted by Crippen LogP contribution is 2.14. The lowest BCUT2D eigenvalue weighted by Gasteiger charge is -2.15. The summed E-state index contributed by atoms with van der Waals surface area (Å²) in [6.07, 6.45) is -4.96. The summed E-state index contributed by atoms with van der Waals surface area (Å²) in [7, 11) is 0. The molecule has 1 aromatic heterocycles. The van der Waals surface area contributed by atoms with Gasteiger partial charge in [0.25, 0.3) is 0 Å². The summed E-state index contributed by atoms with van der Waals surface area (Å²) in [5.74, 6) is -3.38. The molecule has 0 saturated carbocycles. The Bertz CT molecular complexity index is 505. The number of aromatic nitrogens is 1. The van der Waals surface area contributed by atoms with E-state index in [0.717, 1.165) is 0 Å². The van der Waals surface area contributed by atoms with E-state index in [0.29, 0.717) is 0 Å². The maximum Gasteiger partial charge on any atom is 0.471 e. The van der Waals surface area contributed by atoms with Crippen molar-refractivity contribution in [2.75, 3.05) is 6.61 Å². The summed E-state index contributed by atoms with van der Waals surface area (Å²) >= 11 is 0. The first-order valence-electron chi connectivity index (χ1n) is 5.41. The van der Waals surface area contributed by atoms with E-state index in [-0.39, 0.29) is 18.2 Å².